The van der Waals surface area contributed by atoms with E-state index in [1.807, 2.05) is 42.5 Å². The molecule has 0 spiro atoms. The Balaban J connectivity index is 1.99. The zero-order valence-corrected chi connectivity index (χ0v) is 13.5. The first-order chi connectivity index (χ1) is 10.3. The summed E-state index contributed by atoms with van der Waals surface area (Å²) in [6.45, 7) is 1.79. The zero-order valence-electron chi connectivity index (χ0n) is 12.7. The summed E-state index contributed by atoms with van der Waals surface area (Å²) < 4.78 is 22.3. The number of rotatable bonds is 5. The fourth-order valence-electron chi connectivity index (χ4n) is 2.18. The van der Waals surface area contributed by atoms with Crippen LogP contribution in [0.3, 0.4) is 0 Å². The molecule has 118 valence electrons. The van der Waals surface area contributed by atoms with Crippen molar-refractivity contribution in [2.45, 2.75) is 19.4 Å². The summed E-state index contributed by atoms with van der Waals surface area (Å²) in [4.78, 5) is 12.0. The van der Waals surface area contributed by atoms with E-state index in [0.29, 0.717) is 6.42 Å². The van der Waals surface area contributed by atoms with Crippen LogP contribution < -0.4 is 10.6 Å². The summed E-state index contributed by atoms with van der Waals surface area (Å²) in [5.41, 5.74) is 0.728. The van der Waals surface area contributed by atoms with E-state index >= 15 is 0 Å². The molecule has 2 aromatic carbocycles. The molecule has 0 unspecified atom stereocenters. The van der Waals surface area contributed by atoms with E-state index in [-0.39, 0.29) is 17.8 Å². The molecule has 0 fully saturated rings. The van der Waals surface area contributed by atoms with Crippen molar-refractivity contribution in [3.05, 3.63) is 42.5 Å². The van der Waals surface area contributed by atoms with Crippen molar-refractivity contribution in [1.82, 2.24) is 5.32 Å². The standard InChI is InChI=1S/C16H20N2O3S/c1-12(10-11-22(2,20)21)17-16(19)18-15-9-5-7-13-6-3-4-8-14(13)15/h3-9,12H,10-11H2,1-2H3,(H2,17,18,19)/t12-/m0/s1. The molecule has 2 amide bonds. The van der Waals surface area contributed by atoms with Crippen molar-refractivity contribution < 1.29 is 13.2 Å². The van der Waals surface area contributed by atoms with Gasteiger partial charge in [0.1, 0.15) is 9.84 Å². The maximum atomic E-state index is 12.0. The average molecular weight is 320 g/mol. The highest BCUT2D eigenvalue weighted by molar-refractivity contribution is 7.90. The number of fused-ring (bicyclic) bond motifs is 1. The van der Waals surface area contributed by atoms with E-state index in [4.69, 9.17) is 0 Å². The summed E-state index contributed by atoms with van der Waals surface area (Å²) in [6.07, 6.45) is 1.58. The number of amides is 2. The van der Waals surface area contributed by atoms with Crippen LogP contribution in [-0.2, 0) is 9.84 Å². The van der Waals surface area contributed by atoms with Crippen LogP contribution in [0.2, 0.25) is 0 Å². The van der Waals surface area contributed by atoms with Crippen LogP contribution in [0.5, 0.6) is 0 Å². The minimum Gasteiger partial charge on any atom is -0.335 e. The van der Waals surface area contributed by atoms with Crippen molar-refractivity contribution in [3.63, 3.8) is 0 Å². The first kappa shape index (κ1) is 16.3. The molecule has 6 heteroatoms. The molecule has 0 saturated heterocycles. The first-order valence-corrected chi connectivity index (χ1v) is 9.14. The monoisotopic (exact) mass is 320 g/mol. The van der Waals surface area contributed by atoms with E-state index in [1.54, 1.807) is 6.92 Å². The van der Waals surface area contributed by atoms with E-state index in [1.165, 1.54) is 6.26 Å². The fraction of sp³-hybridized carbons (Fsp3) is 0.312. The number of urea groups is 1. The molecule has 2 N–H and O–H groups in total. The van der Waals surface area contributed by atoms with Gasteiger partial charge in [0.15, 0.2) is 0 Å². The van der Waals surface area contributed by atoms with Crippen LogP contribution in [-0.4, -0.2) is 32.5 Å². The second-order valence-electron chi connectivity index (χ2n) is 5.44. The van der Waals surface area contributed by atoms with E-state index in [0.717, 1.165) is 16.5 Å². The number of carbonyl (C=O) groups excluding carboxylic acids is 1. The minimum absolute atomic E-state index is 0.0582. The first-order valence-electron chi connectivity index (χ1n) is 7.08. The van der Waals surface area contributed by atoms with Gasteiger partial charge >= 0.3 is 6.03 Å². The van der Waals surface area contributed by atoms with Crippen molar-refractivity contribution in [2.24, 2.45) is 0 Å². The topological polar surface area (TPSA) is 75.3 Å². The fourth-order valence-corrected chi connectivity index (χ4v) is 2.96. The molecule has 0 aliphatic rings. The lowest BCUT2D eigenvalue weighted by atomic mass is 10.1. The lowest BCUT2D eigenvalue weighted by Crippen LogP contribution is -2.37. The zero-order chi connectivity index (χ0) is 16.2. The second-order valence-corrected chi connectivity index (χ2v) is 7.70. The molecule has 0 aliphatic carbocycles. The van der Waals surface area contributed by atoms with E-state index in [9.17, 15) is 13.2 Å². The SMILES string of the molecule is C[C@@H](CCS(C)(=O)=O)NC(=O)Nc1cccc2ccccc12. The molecule has 1 atom stereocenters. The van der Waals surface area contributed by atoms with Gasteiger partial charge in [0.25, 0.3) is 0 Å². The smallest absolute Gasteiger partial charge is 0.319 e. The Labute approximate surface area is 130 Å². The molecule has 2 aromatic rings. The van der Waals surface area contributed by atoms with Crippen LogP contribution in [0.4, 0.5) is 10.5 Å². The Hall–Kier alpha value is -2.08. The average Bonchev–Trinajstić information content (AvgIpc) is 2.45. The van der Waals surface area contributed by atoms with Gasteiger partial charge in [-0.2, -0.15) is 0 Å². The van der Waals surface area contributed by atoms with Crippen molar-refractivity contribution in [3.8, 4) is 0 Å². The van der Waals surface area contributed by atoms with Crippen molar-refractivity contribution >= 4 is 32.3 Å². The summed E-state index contributed by atoms with van der Waals surface area (Å²) in [7, 11) is -3.01. The van der Waals surface area contributed by atoms with E-state index in [2.05, 4.69) is 10.6 Å². The lowest BCUT2D eigenvalue weighted by molar-refractivity contribution is 0.249. The summed E-state index contributed by atoms with van der Waals surface area (Å²) >= 11 is 0. The third-order valence-electron chi connectivity index (χ3n) is 3.34. The molecular weight excluding hydrogens is 300 g/mol. The maximum absolute atomic E-state index is 12.0. The van der Waals surface area contributed by atoms with Gasteiger partial charge < -0.3 is 10.6 Å². The molecule has 0 heterocycles. The summed E-state index contributed by atoms with van der Waals surface area (Å²) in [6, 6.07) is 12.9. The van der Waals surface area contributed by atoms with Crippen molar-refractivity contribution in [1.29, 1.82) is 0 Å². The molecule has 0 aliphatic heterocycles. The molecule has 0 saturated carbocycles. The van der Waals surface area contributed by atoms with Gasteiger partial charge in [-0.15, -0.1) is 0 Å². The molecule has 22 heavy (non-hydrogen) atoms. The molecule has 0 bridgehead atoms. The van der Waals surface area contributed by atoms with Gasteiger partial charge in [0, 0.05) is 17.7 Å². The number of anilines is 1. The number of sulfone groups is 1. The van der Waals surface area contributed by atoms with Gasteiger partial charge in [0.2, 0.25) is 0 Å². The Morgan fingerprint density at radius 3 is 2.55 bits per heavy atom. The third kappa shape index (κ3) is 4.73. The van der Waals surface area contributed by atoms with Crippen LogP contribution in [0, 0.1) is 0 Å². The van der Waals surface area contributed by atoms with Gasteiger partial charge in [-0.3, -0.25) is 0 Å². The Morgan fingerprint density at radius 2 is 1.82 bits per heavy atom. The van der Waals surface area contributed by atoms with Gasteiger partial charge in [-0.1, -0.05) is 36.4 Å². The molecule has 0 aromatic heterocycles. The van der Waals surface area contributed by atoms with Gasteiger partial charge in [0.05, 0.1) is 11.4 Å². The molecule has 0 radical (unpaired) electrons. The number of hydrogen-bond donors (Lipinski definition) is 2. The normalized spacial score (nSPS) is 12.8. The highest BCUT2D eigenvalue weighted by Crippen LogP contribution is 2.22. The summed E-state index contributed by atoms with van der Waals surface area (Å²) in [5.74, 6) is 0.0582. The van der Waals surface area contributed by atoms with Crippen LogP contribution >= 0.6 is 0 Å². The minimum atomic E-state index is -3.01. The predicted molar refractivity (Wildman–Crippen MR) is 89.9 cm³/mol. The third-order valence-corrected chi connectivity index (χ3v) is 4.31. The molecule has 2 rings (SSSR count). The van der Waals surface area contributed by atoms with Gasteiger partial charge in [-0.05, 0) is 24.8 Å². The van der Waals surface area contributed by atoms with E-state index < -0.39 is 9.84 Å². The Bertz CT molecular complexity index is 767. The van der Waals surface area contributed by atoms with Crippen LogP contribution in [0.1, 0.15) is 13.3 Å². The second kappa shape index (κ2) is 6.79. The molecule has 5 nitrogen and oxygen atoms in total. The van der Waals surface area contributed by atoms with Crippen LogP contribution in [0.15, 0.2) is 42.5 Å². The van der Waals surface area contributed by atoms with Crippen molar-refractivity contribution in [2.75, 3.05) is 17.3 Å². The Morgan fingerprint density at radius 1 is 1.14 bits per heavy atom. The van der Waals surface area contributed by atoms with Gasteiger partial charge in [-0.25, -0.2) is 13.2 Å². The largest absolute Gasteiger partial charge is 0.335 e. The maximum Gasteiger partial charge on any atom is 0.319 e. The summed E-state index contributed by atoms with van der Waals surface area (Å²) in [5, 5.41) is 7.57. The predicted octanol–water partition coefficient (Wildman–Crippen LogP) is 2.78. The lowest BCUT2D eigenvalue weighted by Gasteiger charge is -2.15. The number of carbonyl (C=O) groups is 1. The Kier molecular flexibility index (Phi) is 5.03. The molecular formula is C16H20N2O3S. The quantitative estimate of drug-likeness (QED) is 0.889. The van der Waals surface area contributed by atoms with Crippen LogP contribution in [0.25, 0.3) is 10.8 Å². The number of nitrogens with one attached hydrogen (secondary N) is 2. The highest BCUT2D eigenvalue weighted by atomic mass is 32.2. The highest BCUT2D eigenvalue weighted by Gasteiger charge is 2.11. The number of benzene rings is 2. The number of hydrogen-bond acceptors (Lipinski definition) is 3.